The third-order valence-corrected chi connectivity index (χ3v) is 4.81. The Hall–Kier alpha value is -1.90. The molecule has 0 bridgehead atoms. The van der Waals surface area contributed by atoms with Crippen molar-refractivity contribution in [3.63, 3.8) is 0 Å². The number of rotatable bonds is 3. The van der Waals surface area contributed by atoms with Crippen LogP contribution in [0.4, 0.5) is 23.4 Å². The predicted octanol–water partition coefficient (Wildman–Crippen LogP) is 2.75. The molecule has 3 heterocycles. The number of amides is 1. The summed E-state index contributed by atoms with van der Waals surface area (Å²) in [4.78, 5) is 17.7. The summed E-state index contributed by atoms with van der Waals surface area (Å²) in [6.07, 6.45) is -1.18. The Morgan fingerprint density at radius 2 is 2.00 bits per heavy atom. The highest BCUT2D eigenvalue weighted by atomic mass is 19.4. The number of piperidine rings is 1. The number of halogens is 4. The zero-order valence-electron chi connectivity index (χ0n) is 14.2. The largest absolute Gasteiger partial charge is 0.417 e. The van der Waals surface area contributed by atoms with Gasteiger partial charge in [-0.25, -0.2) is 9.37 Å². The second kappa shape index (κ2) is 7.77. The summed E-state index contributed by atoms with van der Waals surface area (Å²) in [6, 6.07) is 0.529. The SMILES string of the molecule is O=C(NC1CCOCC1)C1CCCN(c2ncc(C(F)(F)F)cc2F)C1. The molecule has 9 heteroatoms. The molecule has 1 unspecified atom stereocenters. The number of pyridine rings is 1. The minimum absolute atomic E-state index is 0.0764. The van der Waals surface area contributed by atoms with Crippen molar-refractivity contribution in [3.8, 4) is 0 Å². The molecule has 0 spiro atoms. The van der Waals surface area contributed by atoms with Crippen molar-refractivity contribution in [2.24, 2.45) is 5.92 Å². The Balaban J connectivity index is 1.65. The molecule has 5 nitrogen and oxygen atoms in total. The maximum Gasteiger partial charge on any atom is 0.417 e. The molecule has 1 aromatic rings. The Morgan fingerprint density at radius 3 is 2.65 bits per heavy atom. The number of carbonyl (C=O) groups excluding carboxylic acids is 1. The smallest absolute Gasteiger partial charge is 0.381 e. The molecule has 0 aliphatic carbocycles. The van der Waals surface area contributed by atoms with Gasteiger partial charge in [-0.2, -0.15) is 13.2 Å². The summed E-state index contributed by atoms with van der Waals surface area (Å²) in [5.41, 5.74) is -1.12. The van der Waals surface area contributed by atoms with Gasteiger partial charge in [0, 0.05) is 38.5 Å². The van der Waals surface area contributed by atoms with Gasteiger partial charge in [0.2, 0.25) is 5.91 Å². The number of nitrogens with one attached hydrogen (secondary N) is 1. The fourth-order valence-corrected chi connectivity index (χ4v) is 3.36. The molecule has 144 valence electrons. The molecule has 1 N–H and O–H groups in total. The van der Waals surface area contributed by atoms with Crippen LogP contribution in [-0.4, -0.2) is 43.2 Å². The van der Waals surface area contributed by atoms with Crippen molar-refractivity contribution in [1.29, 1.82) is 0 Å². The van der Waals surface area contributed by atoms with Crippen LogP contribution in [0.3, 0.4) is 0 Å². The number of ether oxygens (including phenoxy) is 1. The molecule has 0 saturated carbocycles. The van der Waals surface area contributed by atoms with Crippen LogP contribution in [0.1, 0.15) is 31.2 Å². The zero-order valence-corrected chi connectivity index (χ0v) is 14.2. The standard InChI is InChI=1S/C17H21F4N3O2/c18-14-8-12(17(19,20)21)9-22-15(14)24-5-1-2-11(10-24)16(25)23-13-3-6-26-7-4-13/h8-9,11,13H,1-7,10H2,(H,23,25). The second-order valence-electron chi connectivity index (χ2n) is 6.71. The Morgan fingerprint density at radius 1 is 1.27 bits per heavy atom. The first-order valence-corrected chi connectivity index (χ1v) is 8.70. The molecule has 1 amide bonds. The van der Waals surface area contributed by atoms with E-state index in [-0.39, 0.29) is 30.2 Å². The number of carbonyl (C=O) groups is 1. The molecule has 2 aliphatic rings. The molecule has 0 aromatic carbocycles. The van der Waals surface area contributed by atoms with Crippen LogP contribution in [0.15, 0.2) is 12.3 Å². The second-order valence-corrected chi connectivity index (χ2v) is 6.71. The average molecular weight is 375 g/mol. The van der Waals surface area contributed by atoms with E-state index in [1.807, 2.05) is 0 Å². The Labute approximate surface area is 148 Å². The lowest BCUT2D eigenvalue weighted by atomic mass is 9.96. The van der Waals surface area contributed by atoms with Gasteiger partial charge in [-0.1, -0.05) is 0 Å². The van der Waals surface area contributed by atoms with Gasteiger partial charge in [-0.15, -0.1) is 0 Å². The van der Waals surface area contributed by atoms with E-state index in [9.17, 15) is 22.4 Å². The quantitative estimate of drug-likeness (QED) is 0.826. The van der Waals surface area contributed by atoms with Crippen molar-refractivity contribution in [2.75, 3.05) is 31.2 Å². The van der Waals surface area contributed by atoms with Gasteiger partial charge in [0.1, 0.15) is 0 Å². The summed E-state index contributed by atoms with van der Waals surface area (Å²) < 4.78 is 57.4. The molecule has 1 aromatic heterocycles. The fraction of sp³-hybridized carbons (Fsp3) is 0.647. The van der Waals surface area contributed by atoms with Gasteiger partial charge in [-0.3, -0.25) is 4.79 Å². The van der Waals surface area contributed by atoms with Crippen LogP contribution >= 0.6 is 0 Å². The normalized spacial score (nSPS) is 22.3. The minimum atomic E-state index is -4.64. The molecule has 2 fully saturated rings. The van der Waals surface area contributed by atoms with Crippen LogP contribution in [-0.2, 0) is 15.7 Å². The fourth-order valence-electron chi connectivity index (χ4n) is 3.36. The van der Waals surface area contributed by atoms with Gasteiger partial charge in [0.05, 0.1) is 11.5 Å². The lowest BCUT2D eigenvalue weighted by Gasteiger charge is -2.34. The topological polar surface area (TPSA) is 54.5 Å². The Bertz CT molecular complexity index is 647. The number of alkyl halides is 3. The van der Waals surface area contributed by atoms with Crippen LogP contribution < -0.4 is 10.2 Å². The first-order valence-electron chi connectivity index (χ1n) is 8.70. The molecule has 2 saturated heterocycles. The van der Waals surface area contributed by atoms with E-state index in [1.54, 1.807) is 4.90 Å². The lowest BCUT2D eigenvalue weighted by molar-refractivity contribution is -0.138. The first kappa shape index (κ1) is 18.9. The van der Waals surface area contributed by atoms with Crippen molar-refractivity contribution < 1.29 is 27.1 Å². The van der Waals surface area contributed by atoms with Crippen LogP contribution in [0, 0.1) is 11.7 Å². The Kier molecular flexibility index (Phi) is 5.64. The van der Waals surface area contributed by atoms with Gasteiger partial charge >= 0.3 is 6.18 Å². The maximum atomic E-state index is 14.1. The van der Waals surface area contributed by atoms with Crippen LogP contribution in [0.2, 0.25) is 0 Å². The van der Waals surface area contributed by atoms with Crippen molar-refractivity contribution in [3.05, 3.63) is 23.6 Å². The van der Waals surface area contributed by atoms with Crippen LogP contribution in [0.25, 0.3) is 0 Å². The predicted molar refractivity (Wildman–Crippen MR) is 86.1 cm³/mol. The highest BCUT2D eigenvalue weighted by molar-refractivity contribution is 5.79. The summed E-state index contributed by atoms with van der Waals surface area (Å²) in [6.45, 7) is 1.92. The van der Waals surface area contributed by atoms with E-state index in [0.29, 0.717) is 44.9 Å². The van der Waals surface area contributed by atoms with E-state index in [0.717, 1.165) is 12.8 Å². The maximum absolute atomic E-state index is 14.1. The third kappa shape index (κ3) is 4.44. The number of hydrogen-bond acceptors (Lipinski definition) is 4. The molecule has 0 radical (unpaired) electrons. The van der Waals surface area contributed by atoms with Gasteiger partial charge in [-0.05, 0) is 31.7 Å². The summed E-state index contributed by atoms with van der Waals surface area (Å²) >= 11 is 0. The lowest BCUT2D eigenvalue weighted by Crippen LogP contribution is -2.47. The van der Waals surface area contributed by atoms with E-state index in [4.69, 9.17) is 4.74 Å². The average Bonchev–Trinajstić information content (AvgIpc) is 2.62. The van der Waals surface area contributed by atoms with E-state index < -0.39 is 17.6 Å². The van der Waals surface area contributed by atoms with Crippen LogP contribution in [0.5, 0.6) is 0 Å². The molecule has 26 heavy (non-hydrogen) atoms. The number of nitrogens with zero attached hydrogens (tertiary/aromatic N) is 2. The molecule has 1 atom stereocenters. The van der Waals surface area contributed by atoms with E-state index in [2.05, 4.69) is 10.3 Å². The summed E-state index contributed by atoms with van der Waals surface area (Å²) in [7, 11) is 0. The summed E-state index contributed by atoms with van der Waals surface area (Å²) in [5, 5.41) is 3.00. The number of aromatic nitrogens is 1. The minimum Gasteiger partial charge on any atom is -0.381 e. The highest BCUT2D eigenvalue weighted by Crippen LogP contribution is 2.32. The van der Waals surface area contributed by atoms with E-state index in [1.165, 1.54) is 0 Å². The highest BCUT2D eigenvalue weighted by Gasteiger charge is 2.34. The zero-order chi connectivity index (χ0) is 18.7. The molecular formula is C17H21F4N3O2. The van der Waals surface area contributed by atoms with Gasteiger partial charge in [0.25, 0.3) is 0 Å². The first-order chi connectivity index (χ1) is 12.3. The van der Waals surface area contributed by atoms with Crippen molar-refractivity contribution in [2.45, 2.75) is 37.9 Å². The van der Waals surface area contributed by atoms with Crippen molar-refractivity contribution in [1.82, 2.24) is 10.3 Å². The van der Waals surface area contributed by atoms with E-state index >= 15 is 0 Å². The molecule has 3 rings (SSSR count). The number of anilines is 1. The van der Waals surface area contributed by atoms with Gasteiger partial charge in [0.15, 0.2) is 11.6 Å². The number of hydrogen-bond donors (Lipinski definition) is 1. The summed E-state index contributed by atoms with van der Waals surface area (Å²) in [5.74, 6) is -1.60. The van der Waals surface area contributed by atoms with Gasteiger partial charge < -0.3 is 15.0 Å². The molecule has 2 aliphatic heterocycles. The third-order valence-electron chi connectivity index (χ3n) is 4.81. The monoisotopic (exact) mass is 375 g/mol. The van der Waals surface area contributed by atoms with Crippen molar-refractivity contribution >= 4 is 11.7 Å². The molecular weight excluding hydrogens is 354 g/mol.